The summed E-state index contributed by atoms with van der Waals surface area (Å²) in [4.78, 5) is 11.7. The molecule has 0 fully saturated rings. The highest BCUT2D eigenvalue weighted by molar-refractivity contribution is 5.83. The van der Waals surface area contributed by atoms with Gasteiger partial charge in [-0.15, -0.1) is 0 Å². The number of hydrogen-bond acceptors (Lipinski definition) is 3. The molecule has 1 amide bonds. The summed E-state index contributed by atoms with van der Waals surface area (Å²) in [5.41, 5.74) is 3.53. The van der Waals surface area contributed by atoms with E-state index in [9.17, 15) is 9.18 Å². The molecule has 0 saturated heterocycles. The Morgan fingerprint density at radius 1 is 1.24 bits per heavy atom. The van der Waals surface area contributed by atoms with Crippen LogP contribution < -0.4 is 10.2 Å². The number of ether oxygens (including phenoxy) is 1. The van der Waals surface area contributed by atoms with Crippen molar-refractivity contribution in [2.24, 2.45) is 5.10 Å². The third-order valence-electron chi connectivity index (χ3n) is 2.82. The van der Waals surface area contributed by atoms with Gasteiger partial charge >= 0.3 is 0 Å². The van der Waals surface area contributed by atoms with Crippen LogP contribution in [0.25, 0.3) is 0 Å². The van der Waals surface area contributed by atoms with E-state index in [1.165, 1.54) is 12.3 Å². The van der Waals surface area contributed by atoms with Crippen LogP contribution in [0.4, 0.5) is 4.39 Å². The molecule has 0 aliphatic rings. The molecule has 0 aromatic heterocycles. The van der Waals surface area contributed by atoms with Crippen molar-refractivity contribution < 1.29 is 13.9 Å². The number of carbonyl (C=O) groups excluding carboxylic acids is 1. The summed E-state index contributed by atoms with van der Waals surface area (Å²) in [5.74, 6) is 0.0788. The first-order chi connectivity index (χ1) is 10.2. The molecule has 5 heteroatoms. The maximum atomic E-state index is 13.3. The highest BCUT2D eigenvalue weighted by atomic mass is 19.1. The molecule has 0 heterocycles. The molecule has 0 bridgehead atoms. The fourth-order valence-corrected chi connectivity index (χ4v) is 1.72. The van der Waals surface area contributed by atoms with Crippen molar-refractivity contribution >= 4 is 12.1 Å². The van der Waals surface area contributed by atoms with Gasteiger partial charge in [-0.1, -0.05) is 30.3 Å². The molecular formula is C16H15FN2O2. The van der Waals surface area contributed by atoms with Crippen LogP contribution in [0.2, 0.25) is 0 Å². The number of nitrogens with one attached hydrogen (secondary N) is 1. The van der Waals surface area contributed by atoms with Gasteiger partial charge in [-0.05, 0) is 23.8 Å². The van der Waals surface area contributed by atoms with Crippen molar-refractivity contribution in [3.8, 4) is 5.75 Å². The molecule has 0 aliphatic carbocycles. The van der Waals surface area contributed by atoms with Gasteiger partial charge in [0.15, 0.2) is 0 Å². The SMILES string of the molecule is COc1ccc(CC(=O)N/N=C\c2ccccc2F)cc1. The predicted octanol–water partition coefficient (Wildman–Crippen LogP) is 2.53. The minimum absolute atomic E-state index is 0.193. The van der Waals surface area contributed by atoms with Crippen LogP contribution in [0, 0.1) is 5.82 Å². The Morgan fingerprint density at radius 2 is 1.95 bits per heavy atom. The summed E-state index contributed by atoms with van der Waals surface area (Å²) in [6, 6.07) is 13.4. The van der Waals surface area contributed by atoms with E-state index >= 15 is 0 Å². The molecule has 2 aromatic carbocycles. The van der Waals surface area contributed by atoms with E-state index in [0.29, 0.717) is 5.56 Å². The van der Waals surface area contributed by atoms with E-state index in [0.717, 1.165) is 11.3 Å². The molecule has 0 saturated carbocycles. The van der Waals surface area contributed by atoms with E-state index in [1.54, 1.807) is 49.6 Å². The average molecular weight is 286 g/mol. The van der Waals surface area contributed by atoms with Crippen LogP contribution in [0.15, 0.2) is 53.6 Å². The minimum atomic E-state index is -0.384. The quantitative estimate of drug-likeness (QED) is 0.678. The maximum absolute atomic E-state index is 13.3. The van der Waals surface area contributed by atoms with Crippen molar-refractivity contribution in [1.29, 1.82) is 0 Å². The zero-order valence-electron chi connectivity index (χ0n) is 11.5. The van der Waals surface area contributed by atoms with E-state index in [2.05, 4.69) is 10.5 Å². The number of hydrogen-bond donors (Lipinski definition) is 1. The summed E-state index contributed by atoms with van der Waals surface area (Å²) in [5, 5.41) is 3.74. The van der Waals surface area contributed by atoms with Crippen molar-refractivity contribution in [2.75, 3.05) is 7.11 Å². The Hall–Kier alpha value is -2.69. The largest absolute Gasteiger partial charge is 0.497 e. The number of rotatable bonds is 5. The van der Waals surface area contributed by atoms with Gasteiger partial charge in [-0.25, -0.2) is 9.82 Å². The maximum Gasteiger partial charge on any atom is 0.244 e. The Bertz CT molecular complexity index is 639. The first-order valence-corrected chi connectivity index (χ1v) is 6.38. The van der Waals surface area contributed by atoms with Gasteiger partial charge in [0.2, 0.25) is 5.91 Å². The van der Waals surface area contributed by atoms with Gasteiger partial charge < -0.3 is 4.74 Å². The Kier molecular flexibility index (Phi) is 5.04. The second kappa shape index (κ2) is 7.19. The smallest absolute Gasteiger partial charge is 0.244 e. The second-order valence-corrected chi connectivity index (χ2v) is 4.34. The third kappa shape index (κ3) is 4.42. The molecule has 0 unspecified atom stereocenters. The van der Waals surface area contributed by atoms with Crippen LogP contribution in [0.1, 0.15) is 11.1 Å². The van der Waals surface area contributed by atoms with E-state index in [4.69, 9.17) is 4.74 Å². The molecule has 21 heavy (non-hydrogen) atoms. The van der Waals surface area contributed by atoms with Gasteiger partial charge in [-0.3, -0.25) is 4.79 Å². The summed E-state index contributed by atoms with van der Waals surface area (Å²) < 4.78 is 18.4. The Morgan fingerprint density at radius 3 is 2.62 bits per heavy atom. The molecule has 2 aromatic rings. The molecule has 1 N–H and O–H groups in total. The number of nitrogens with zero attached hydrogens (tertiary/aromatic N) is 1. The summed E-state index contributed by atoms with van der Waals surface area (Å²) in [7, 11) is 1.58. The van der Waals surface area contributed by atoms with Crippen LogP contribution in [0.3, 0.4) is 0 Å². The number of hydrazone groups is 1. The number of amides is 1. The molecule has 2 rings (SSSR count). The number of benzene rings is 2. The molecule has 0 aliphatic heterocycles. The lowest BCUT2D eigenvalue weighted by molar-refractivity contribution is -0.120. The summed E-state index contributed by atoms with van der Waals surface area (Å²) >= 11 is 0. The van der Waals surface area contributed by atoms with E-state index in [-0.39, 0.29) is 18.1 Å². The zero-order chi connectivity index (χ0) is 15.1. The fourth-order valence-electron chi connectivity index (χ4n) is 1.72. The number of halogens is 1. The van der Waals surface area contributed by atoms with Gasteiger partial charge in [0.05, 0.1) is 19.7 Å². The fraction of sp³-hybridized carbons (Fsp3) is 0.125. The topological polar surface area (TPSA) is 50.7 Å². The highest BCUT2D eigenvalue weighted by Crippen LogP contribution is 2.11. The lowest BCUT2D eigenvalue weighted by atomic mass is 10.1. The number of methoxy groups -OCH3 is 1. The van der Waals surface area contributed by atoms with Crippen molar-refractivity contribution in [2.45, 2.75) is 6.42 Å². The van der Waals surface area contributed by atoms with Crippen LogP contribution in [-0.4, -0.2) is 19.2 Å². The monoisotopic (exact) mass is 286 g/mol. The third-order valence-corrected chi connectivity index (χ3v) is 2.82. The standard InChI is InChI=1S/C16H15FN2O2/c1-21-14-8-6-12(7-9-14)10-16(20)19-18-11-13-4-2-3-5-15(13)17/h2-9,11H,10H2,1H3,(H,19,20)/b18-11-. The van der Waals surface area contributed by atoms with Gasteiger partial charge in [-0.2, -0.15) is 5.10 Å². The van der Waals surface area contributed by atoms with Crippen LogP contribution in [-0.2, 0) is 11.2 Å². The first-order valence-electron chi connectivity index (χ1n) is 6.38. The molecule has 0 atom stereocenters. The van der Waals surface area contributed by atoms with E-state index in [1.807, 2.05) is 0 Å². The van der Waals surface area contributed by atoms with Crippen molar-refractivity contribution in [3.63, 3.8) is 0 Å². The summed E-state index contributed by atoms with van der Waals surface area (Å²) in [6.45, 7) is 0. The first kappa shape index (κ1) is 14.7. The molecule has 4 nitrogen and oxygen atoms in total. The number of carbonyl (C=O) groups is 1. The average Bonchev–Trinajstić information content (AvgIpc) is 2.50. The normalized spacial score (nSPS) is 10.6. The highest BCUT2D eigenvalue weighted by Gasteiger charge is 2.02. The van der Waals surface area contributed by atoms with Crippen LogP contribution >= 0.6 is 0 Å². The van der Waals surface area contributed by atoms with Crippen molar-refractivity contribution in [1.82, 2.24) is 5.43 Å². The minimum Gasteiger partial charge on any atom is -0.497 e. The lowest BCUT2D eigenvalue weighted by Crippen LogP contribution is -2.19. The Balaban J connectivity index is 1.88. The molecule has 108 valence electrons. The van der Waals surface area contributed by atoms with Gasteiger partial charge in [0, 0.05) is 5.56 Å². The van der Waals surface area contributed by atoms with Crippen LogP contribution in [0.5, 0.6) is 5.75 Å². The molecule has 0 radical (unpaired) electrons. The van der Waals surface area contributed by atoms with Crippen molar-refractivity contribution in [3.05, 3.63) is 65.5 Å². The predicted molar refractivity (Wildman–Crippen MR) is 78.8 cm³/mol. The zero-order valence-corrected chi connectivity index (χ0v) is 11.5. The van der Waals surface area contributed by atoms with E-state index < -0.39 is 0 Å². The molecular weight excluding hydrogens is 271 g/mol. The second-order valence-electron chi connectivity index (χ2n) is 4.34. The lowest BCUT2D eigenvalue weighted by Gasteiger charge is -2.02. The summed E-state index contributed by atoms with van der Waals surface area (Å²) in [6.07, 6.45) is 1.47. The Labute approximate surface area is 122 Å². The molecule has 0 spiro atoms. The van der Waals surface area contributed by atoms with Gasteiger partial charge in [0.1, 0.15) is 11.6 Å². The van der Waals surface area contributed by atoms with Gasteiger partial charge in [0.25, 0.3) is 0 Å².